The zero-order valence-electron chi connectivity index (χ0n) is 42.7. The molecule has 0 radical (unpaired) electrons. The molecular weight excluding hydrogens is 723 g/mol. The molecule has 60 heavy (non-hydrogen) atoms. The zero-order valence-corrected chi connectivity index (χ0v) is 36.7. The number of anilines is 3. The van der Waals surface area contributed by atoms with Gasteiger partial charge < -0.3 is 4.90 Å². The lowest BCUT2D eigenvalue weighted by molar-refractivity contribution is 0.581. The first-order valence-electron chi connectivity index (χ1n) is 24.5. The highest BCUT2D eigenvalue weighted by molar-refractivity contribution is 5.97. The van der Waals surface area contributed by atoms with Gasteiger partial charge in [-0.15, -0.1) is 0 Å². The Balaban J connectivity index is 1.24. The third-order valence-electron chi connectivity index (χ3n) is 14.0. The molecule has 0 spiro atoms. The monoisotopic (exact) mass is 788 g/mol. The summed E-state index contributed by atoms with van der Waals surface area (Å²) in [4.78, 5) is 2.42. The van der Waals surface area contributed by atoms with Crippen molar-refractivity contribution in [3.05, 3.63) is 184 Å². The fraction of sp³-hybridized carbons (Fsp3) is 0.288. The van der Waals surface area contributed by atoms with Crippen LogP contribution in [0.25, 0.3) is 44.5 Å². The lowest BCUT2D eigenvalue weighted by atomic mass is 9.75. The van der Waals surface area contributed by atoms with E-state index in [1.54, 1.807) is 0 Å². The van der Waals surface area contributed by atoms with Crippen LogP contribution in [0.1, 0.15) is 136 Å². The normalized spacial score (nSPS) is 18.0. The van der Waals surface area contributed by atoms with Crippen LogP contribution in [0.5, 0.6) is 0 Å². The van der Waals surface area contributed by atoms with Gasteiger partial charge in [0.1, 0.15) is 0 Å². The summed E-state index contributed by atoms with van der Waals surface area (Å²) in [6.45, 7) is 16.1. The van der Waals surface area contributed by atoms with E-state index >= 15 is 0 Å². The van der Waals surface area contributed by atoms with Crippen LogP contribution in [0, 0.1) is 0 Å². The van der Waals surface area contributed by atoms with Crippen LogP contribution in [-0.4, -0.2) is 0 Å². The van der Waals surface area contributed by atoms with Crippen molar-refractivity contribution < 1.29 is 8.22 Å². The molecule has 7 aromatic rings. The third-order valence-corrected chi connectivity index (χ3v) is 14.0. The first-order valence-corrected chi connectivity index (χ1v) is 21.5. The van der Waals surface area contributed by atoms with E-state index in [0.29, 0.717) is 22.3 Å². The van der Waals surface area contributed by atoms with Crippen LogP contribution < -0.4 is 4.90 Å². The van der Waals surface area contributed by atoms with Gasteiger partial charge >= 0.3 is 0 Å². The van der Waals surface area contributed by atoms with Crippen LogP contribution in [0.15, 0.2) is 140 Å². The SMILES string of the molecule is [2H]C([2H])([2H])C1(C([2H])([2H])[2H])c2cc(C(C)(C)C)ccc2-c2cc(-c3cccc(N(c4ccc5c(c4)C(C)(C)c4ccccc4-5)c4cccc5c4-c4ccccc4C5(C)C)c3)c(C(C)(C)C)cc21. The molecule has 10 rings (SSSR count). The molecule has 0 amide bonds. The van der Waals surface area contributed by atoms with Gasteiger partial charge in [0, 0.05) is 41.4 Å². The number of nitrogens with zero attached hydrogens (tertiary/aromatic N) is 1. The molecule has 0 unspecified atom stereocenters. The predicted octanol–water partition coefficient (Wildman–Crippen LogP) is 16.3. The summed E-state index contributed by atoms with van der Waals surface area (Å²) in [6, 6.07) is 49.7. The van der Waals surface area contributed by atoms with Crippen LogP contribution in [0.3, 0.4) is 0 Å². The summed E-state index contributed by atoms with van der Waals surface area (Å²) in [5.41, 5.74) is 15.5. The third kappa shape index (κ3) is 5.50. The standard InChI is InChI=1S/C59H59N/c1-55(2,3)37-27-29-42-45-34-44(49(56(4,5)6)35-52(45)59(11,12)50(42)32-37)36-19-17-20-38(31-36)60(39-28-30-41-40-21-13-15-23-46(40)58(9,10)51(41)33-39)53-26-18-25-48-54(53)43-22-14-16-24-47(43)57(48,7)8/h13-35H,1-12H3/i11D3,12D3. The Kier molecular flexibility index (Phi) is 6.80. The fourth-order valence-electron chi connectivity index (χ4n) is 10.7. The predicted molar refractivity (Wildman–Crippen MR) is 257 cm³/mol. The van der Waals surface area contributed by atoms with Crippen molar-refractivity contribution in [2.45, 2.75) is 110 Å². The van der Waals surface area contributed by atoms with E-state index in [9.17, 15) is 0 Å². The minimum absolute atomic E-state index is 0.203. The van der Waals surface area contributed by atoms with Gasteiger partial charge in [-0.2, -0.15) is 0 Å². The van der Waals surface area contributed by atoms with Gasteiger partial charge in [-0.1, -0.05) is 186 Å². The first kappa shape index (κ1) is 32.2. The molecule has 1 nitrogen and oxygen atoms in total. The average Bonchev–Trinajstić information content (AvgIpc) is 3.77. The number of rotatable bonds is 4. The number of fused-ring (bicyclic) bond motifs is 9. The smallest absolute Gasteiger partial charge is 0.0543 e. The molecular formula is C59H59N. The molecule has 3 aliphatic carbocycles. The summed E-state index contributed by atoms with van der Waals surface area (Å²) >= 11 is 0. The maximum atomic E-state index is 9.10. The summed E-state index contributed by atoms with van der Waals surface area (Å²) in [7, 11) is 0. The molecule has 0 heterocycles. The maximum Gasteiger partial charge on any atom is 0.0543 e. The summed E-state index contributed by atoms with van der Waals surface area (Å²) in [5, 5.41) is 0. The Hall–Kier alpha value is -5.66. The van der Waals surface area contributed by atoms with Crippen molar-refractivity contribution >= 4 is 17.1 Å². The Morgan fingerprint density at radius 2 is 0.983 bits per heavy atom. The highest BCUT2D eigenvalue weighted by atomic mass is 15.1. The second-order valence-electron chi connectivity index (χ2n) is 20.6. The van der Waals surface area contributed by atoms with Crippen LogP contribution >= 0.6 is 0 Å². The molecule has 0 bridgehead atoms. The minimum atomic E-state index is -2.87. The van der Waals surface area contributed by atoms with Gasteiger partial charge in [0.2, 0.25) is 0 Å². The van der Waals surface area contributed by atoms with Crippen molar-refractivity contribution in [1.82, 2.24) is 0 Å². The summed E-state index contributed by atoms with van der Waals surface area (Å²) in [6.07, 6.45) is 0. The molecule has 1 heteroatoms. The molecule has 0 fully saturated rings. The number of hydrogen-bond donors (Lipinski definition) is 0. The Bertz CT molecular complexity index is 3130. The average molecular weight is 788 g/mol. The van der Waals surface area contributed by atoms with E-state index in [0.717, 1.165) is 39.3 Å². The molecule has 7 aromatic carbocycles. The lowest BCUT2D eigenvalue weighted by Gasteiger charge is -2.31. The molecule has 0 N–H and O–H groups in total. The summed E-state index contributed by atoms with van der Waals surface area (Å²) in [5.74, 6) is 0. The highest BCUT2D eigenvalue weighted by Gasteiger charge is 2.41. The van der Waals surface area contributed by atoms with E-state index in [2.05, 4.69) is 189 Å². The van der Waals surface area contributed by atoms with Crippen LogP contribution in [0.2, 0.25) is 0 Å². The molecule has 0 saturated heterocycles. The van der Waals surface area contributed by atoms with Crippen molar-refractivity contribution in [1.29, 1.82) is 0 Å². The van der Waals surface area contributed by atoms with Crippen molar-refractivity contribution in [2.24, 2.45) is 0 Å². The molecule has 0 aliphatic heterocycles. The van der Waals surface area contributed by atoms with Gasteiger partial charge in [-0.25, -0.2) is 0 Å². The van der Waals surface area contributed by atoms with E-state index < -0.39 is 24.5 Å². The Morgan fingerprint density at radius 3 is 1.70 bits per heavy atom. The van der Waals surface area contributed by atoms with Gasteiger partial charge in [0.05, 0.1) is 5.69 Å². The molecule has 3 aliphatic rings. The zero-order chi connectivity index (χ0) is 47.3. The van der Waals surface area contributed by atoms with Gasteiger partial charge in [0.15, 0.2) is 0 Å². The highest BCUT2D eigenvalue weighted by Crippen LogP contribution is 2.57. The quantitative estimate of drug-likeness (QED) is 0.172. The second-order valence-corrected chi connectivity index (χ2v) is 20.6. The van der Waals surface area contributed by atoms with Crippen molar-refractivity contribution in [3.63, 3.8) is 0 Å². The lowest BCUT2D eigenvalue weighted by Crippen LogP contribution is -2.19. The molecule has 0 atom stereocenters. The first-order chi connectivity index (χ1) is 30.8. The van der Waals surface area contributed by atoms with E-state index in [4.69, 9.17) is 8.22 Å². The second kappa shape index (κ2) is 12.7. The molecule has 0 aromatic heterocycles. The number of benzene rings is 7. The molecule has 0 saturated carbocycles. The van der Waals surface area contributed by atoms with Gasteiger partial charge in [0.25, 0.3) is 0 Å². The Morgan fingerprint density at radius 1 is 0.417 bits per heavy atom. The van der Waals surface area contributed by atoms with E-state index in [-0.39, 0.29) is 16.2 Å². The fourth-order valence-corrected chi connectivity index (χ4v) is 10.7. The largest absolute Gasteiger partial charge is 0.310 e. The maximum absolute atomic E-state index is 9.10. The molecule has 300 valence electrons. The number of hydrogen-bond acceptors (Lipinski definition) is 1. The topological polar surface area (TPSA) is 3.24 Å². The van der Waals surface area contributed by atoms with E-state index in [1.807, 2.05) is 24.3 Å². The Labute approximate surface area is 367 Å². The van der Waals surface area contributed by atoms with Crippen molar-refractivity contribution in [2.75, 3.05) is 4.90 Å². The van der Waals surface area contributed by atoms with E-state index in [1.165, 1.54) is 44.5 Å². The van der Waals surface area contributed by atoms with Gasteiger partial charge in [-0.3, -0.25) is 0 Å². The van der Waals surface area contributed by atoms with Crippen molar-refractivity contribution in [3.8, 4) is 44.5 Å². The summed E-state index contributed by atoms with van der Waals surface area (Å²) < 4.78 is 54.6. The van der Waals surface area contributed by atoms with Crippen LogP contribution in [-0.2, 0) is 27.1 Å². The minimum Gasteiger partial charge on any atom is -0.310 e. The van der Waals surface area contributed by atoms with Crippen LogP contribution in [0.4, 0.5) is 17.1 Å². The van der Waals surface area contributed by atoms with Gasteiger partial charge in [-0.05, 0) is 131 Å².